The van der Waals surface area contributed by atoms with Gasteiger partial charge in [0.05, 0.1) is 27.7 Å². The number of likely N-dealkylation sites (N-methyl/N-ethyl adjacent to an activating group) is 1. The lowest BCUT2D eigenvalue weighted by Gasteiger charge is -2.24. The Morgan fingerprint density at radius 3 is 1.16 bits per heavy atom. The second kappa shape index (κ2) is 54.7. The summed E-state index contributed by atoms with van der Waals surface area (Å²) in [5.74, 6) is -0.836. The van der Waals surface area contributed by atoms with E-state index in [1.807, 2.05) is 21.1 Å². The van der Waals surface area contributed by atoms with Gasteiger partial charge in [-0.2, -0.15) is 0 Å². The van der Waals surface area contributed by atoms with Crippen LogP contribution < -0.4 is 0 Å². The number of unbranched alkanes of at least 4 members (excludes halogenated alkanes) is 24. The molecule has 426 valence electrons. The summed E-state index contributed by atoms with van der Waals surface area (Å²) in [5, 5.41) is 0. The summed E-state index contributed by atoms with van der Waals surface area (Å²) >= 11 is 0. The first kappa shape index (κ1) is 70.9. The van der Waals surface area contributed by atoms with Gasteiger partial charge in [-0.05, 0) is 96.3 Å². The lowest BCUT2D eigenvalue weighted by atomic mass is 10.0. The fourth-order valence-corrected chi connectivity index (χ4v) is 8.73. The summed E-state index contributed by atoms with van der Waals surface area (Å²) < 4.78 is 34.5. The van der Waals surface area contributed by atoms with Crippen LogP contribution in [-0.2, 0) is 32.7 Å². The molecule has 0 aliphatic rings. The van der Waals surface area contributed by atoms with Gasteiger partial charge in [-0.15, -0.1) is 0 Å². The molecule has 0 rings (SSSR count). The molecule has 0 saturated carbocycles. The summed E-state index contributed by atoms with van der Waals surface area (Å²) in [6, 6.07) is 0. The number of ether oxygens (including phenoxy) is 2. The molecule has 0 aromatic rings. The van der Waals surface area contributed by atoms with E-state index in [4.69, 9.17) is 18.5 Å². The molecule has 0 bridgehead atoms. The first-order valence-corrected chi connectivity index (χ1v) is 31.5. The second-order valence-electron chi connectivity index (χ2n) is 21.0. The van der Waals surface area contributed by atoms with Crippen molar-refractivity contribution in [3.63, 3.8) is 0 Å². The van der Waals surface area contributed by atoms with Crippen LogP contribution in [0.1, 0.15) is 245 Å². The van der Waals surface area contributed by atoms with Crippen molar-refractivity contribution in [3.8, 4) is 0 Å². The Bertz CT molecular complexity index is 1570. The van der Waals surface area contributed by atoms with Crippen molar-refractivity contribution < 1.29 is 42.1 Å². The second-order valence-corrected chi connectivity index (χ2v) is 22.5. The largest absolute Gasteiger partial charge is 0.472 e. The van der Waals surface area contributed by atoms with Crippen molar-refractivity contribution in [2.45, 2.75) is 251 Å². The Kier molecular flexibility index (Phi) is 52.4. The zero-order valence-electron chi connectivity index (χ0n) is 48.3. The lowest BCUT2D eigenvalue weighted by Crippen LogP contribution is -2.37. The maximum atomic E-state index is 12.8. The minimum atomic E-state index is -4.40. The van der Waals surface area contributed by atoms with Gasteiger partial charge in [-0.3, -0.25) is 18.6 Å². The summed E-state index contributed by atoms with van der Waals surface area (Å²) in [7, 11) is 1.45. The predicted octanol–water partition coefficient (Wildman–Crippen LogP) is 18.8. The summed E-state index contributed by atoms with van der Waals surface area (Å²) in [5.41, 5.74) is 0. The Balaban J connectivity index is 4.13. The quantitative estimate of drug-likeness (QED) is 0.0211. The van der Waals surface area contributed by atoms with Crippen LogP contribution in [0.5, 0.6) is 0 Å². The highest BCUT2D eigenvalue weighted by Crippen LogP contribution is 2.43. The third-order valence-electron chi connectivity index (χ3n) is 12.6. The Morgan fingerprint density at radius 1 is 0.432 bits per heavy atom. The lowest BCUT2D eigenvalue weighted by molar-refractivity contribution is -0.870. The zero-order valence-corrected chi connectivity index (χ0v) is 49.2. The van der Waals surface area contributed by atoms with Gasteiger partial charge in [0.25, 0.3) is 0 Å². The maximum Gasteiger partial charge on any atom is 0.472 e. The van der Waals surface area contributed by atoms with Crippen LogP contribution in [0.3, 0.4) is 0 Å². The molecule has 9 nitrogen and oxygen atoms in total. The third kappa shape index (κ3) is 58.2. The molecule has 0 aliphatic carbocycles. The van der Waals surface area contributed by atoms with Gasteiger partial charge in [-0.25, -0.2) is 4.57 Å². The highest BCUT2D eigenvalue weighted by molar-refractivity contribution is 7.47. The van der Waals surface area contributed by atoms with Crippen molar-refractivity contribution in [2.24, 2.45) is 0 Å². The van der Waals surface area contributed by atoms with Gasteiger partial charge in [0.1, 0.15) is 19.8 Å². The number of carbonyl (C=O) groups is 2. The van der Waals surface area contributed by atoms with Crippen LogP contribution in [0.4, 0.5) is 0 Å². The number of carbonyl (C=O) groups excluding carboxylic acids is 2. The van der Waals surface area contributed by atoms with Gasteiger partial charge < -0.3 is 18.9 Å². The Hall–Kier alpha value is -3.07. The standard InChI is InChI=1S/C64H112NO8P/c1-6-8-10-12-14-16-18-20-22-24-26-27-28-29-30-31-32-33-34-35-36-37-39-40-42-44-46-48-50-52-54-56-63(66)70-60-62(61-72-74(68,69)71-59-58-65(3,4)5)73-64(67)57-55-53-51-49-47-45-43-41-38-25-23-21-19-17-15-13-11-9-7-2/h9,11,15,17-18,20-21,23-24,26,28-29,38,41,45,47,62H,6-8,10,12-14,16,19,22,25,27,30-37,39-40,42-44,46,48-61H2,1-5H3/p+1/b11-9-,17-15-,20-18-,23-21-,26-24-,29-28-,41-38-,47-45-. The van der Waals surface area contributed by atoms with Crippen LogP contribution in [0.25, 0.3) is 0 Å². The number of phosphoric acid groups is 1. The number of quaternary nitrogens is 1. The molecular weight excluding hydrogens is 942 g/mol. The van der Waals surface area contributed by atoms with Gasteiger partial charge in [0, 0.05) is 12.8 Å². The van der Waals surface area contributed by atoms with E-state index in [9.17, 15) is 19.0 Å². The fourth-order valence-electron chi connectivity index (χ4n) is 7.99. The molecule has 0 spiro atoms. The van der Waals surface area contributed by atoms with E-state index in [0.717, 1.165) is 83.5 Å². The first-order chi connectivity index (χ1) is 36.0. The molecule has 0 aromatic carbocycles. The molecule has 1 N–H and O–H groups in total. The Morgan fingerprint density at radius 2 is 0.770 bits per heavy atom. The highest BCUT2D eigenvalue weighted by atomic mass is 31.2. The van der Waals surface area contributed by atoms with Crippen molar-refractivity contribution >= 4 is 19.8 Å². The van der Waals surface area contributed by atoms with Crippen LogP contribution in [0.15, 0.2) is 97.2 Å². The van der Waals surface area contributed by atoms with Gasteiger partial charge in [-0.1, -0.05) is 233 Å². The van der Waals surface area contributed by atoms with Gasteiger partial charge in [0.15, 0.2) is 6.10 Å². The molecule has 74 heavy (non-hydrogen) atoms. The number of hydrogen-bond acceptors (Lipinski definition) is 7. The molecule has 0 aromatic heterocycles. The van der Waals surface area contributed by atoms with Crippen molar-refractivity contribution in [3.05, 3.63) is 97.2 Å². The molecule has 2 unspecified atom stereocenters. The molecule has 0 heterocycles. The maximum absolute atomic E-state index is 12.8. The monoisotopic (exact) mass is 1050 g/mol. The molecule has 0 saturated heterocycles. The van der Waals surface area contributed by atoms with Gasteiger partial charge >= 0.3 is 19.8 Å². The summed E-state index contributed by atoms with van der Waals surface area (Å²) in [4.78, 5) is 35.7. The van der Waals surface area contributed by atoms with Crippen LogP contribution in [0, 0.1) is 0 Å². The SMILES string of the molecule is CC/C=C\C/C=C\C/C=C\C/C=C\C/C=C\CCCCCC(=O)OC(COC(=O)CCCCCCCCCCCCCCCCCC/C=C\C/C=C\C/C=C\CCCCCCC)COP(=O)(O)OCC[N+](C)(C)C. The van der Waals surface area contributed by atoms with E-state index in [2.05, 4.69) is 111 Å². The number of rotatable bonds is 54. The minimum Gasteiger partial charge on any atom is -0.462 e. The molecule has 10 heteroatoms. The molecule has 2 atom stereocenters. The van der Waals surface area contributed by atoms with E-state index in [1.165, 1.54) is 128 Å². The fraction of sp³-hybridized carbons (Fsp3) is 0.719. The van der Waals surface area contributed by atoms with Gasteiger partial charge in [0.2, 0.25) is 0 Å². The minimum absolute atomic E-state index is 0.0208. The Labute approximate surface area is 455 Å². The van der Waals surface area contributed by atoms with E-state index in [1.54, 1.807) is 0 Å². The highest BCUT2D eigenvalue weighted by Gasteiger charge is 2.27. The normalized spacial score (nSPS) is 14.0. The smallest absolute Gasteiger partial charge is 0.462 e. The molecule has 0 amide bonds. The summed E-state index contributed by atoms with van der Waals surface area (Å²) in [6.45, 7) is 4.27. The van der Waals surface area contributed by atoms with Crippen LogP contribution in [0.2, 0.25) is 0 Å². The number of nitrogens with zero attached hydrogens (tertiary/aromatic N) is 1. The van der Waals surface area contributed by atoms with E-state index in [-0.39, 0.29) is 32.0 Å². The molecule has 0 aliphatic heterocycles. The van der Waals surface area contributed by atoms with Crippen molar-refractivity contribution in [2.75, 3.05) is 47.5 Å². The van der Waals surface area contributed by atoms with Crippen LogP contribution in [-0.4, -0.2) is 74.9 Å². The van der Waals surface area contributed by atoms with E-state index < -0.39 is 26.5 Å². The first-order valence-electron chi connectivity index (χ1n) is 30.0. The number of esters is 2. The third-order valence-corrected chi connectivity index (χ3v) is 13.6. The molecule has 0 radical (unpaired) electrons. The summed E-state index contributed by atoms with van der Waals surface area (Å²) in [6.07, 6.45) is 74.9. The van der Waals surface area contributed by atoms with Crippen LogP contribution >= 0.6 is 7.82 Å². The molecule has 0 fully saturated rings. The van der Waals surface area contributed by atoms with Crippen molar-refractivity contribution in [1.29, 1.82) is 0 Å². The zero-order chi connectivity index (χ0) is 54.2. The van der Waals surface area contributed by atoms with E-state index >= 15 is 0 Å². The molecular formula is C64H113NO8P+. The average Bonchev–Trinajstić information content (AvgIpc) is 3.36. The van der Waals surface area contributed by atoms with E-state index in [0.29, 0.717) is 17.4 Å². The van der Waals surface area contributed by atoms with Crippen molar-refractivity contribution in [1.82, 2.24) is 0 Å². The number of hydrogen-bond donors (Lipinski definition) is 1. The topological polar surface area (TPSA) is 108 Å². The average molecular weight is 1060 g/mol. The number of allylic oxidation sites excluding steroid dienone is 16. The predicted molar refractivity (Wildman–Crippen MR) is 316 cm³/mol. The number of phosphoric ester groups is 1.